The molecule has 166 valence electrons. The molecule has 1 fully saturated rings. The summed E-state index contributed by atoms with van der Waals surface area (Å²) >= 11 is 3.30. The van der Waals surface area contributed by atoms with Gasteiger partial charge in [-0.15, -0.1) is 0 Å². The van der Waals surface area contributed by atoms with E-state index in [1.54, 1.807) is 13.0 Å². The highest BCUT2D eigenvalue weighted by Gasteiger charge is 2.40. The zero-order valence-corrected chi connectivity index (χ0v) is 19.2. The van der Waals surface area contributed by atoms with Crippen LogP contribution in [-0.2, 0) is 20.7 Å². The number of carboxylic acid groups (broad SMARTS) is 1. The van der Waals surface area contributed by atoms with E-state index in [4.69, 9.17) is 9.47 Å². The van der Waals surface area contributed by atoms with E-state index in [0.29, 0.717) is 35.2 Å². The molecule has 0 spiro atoms. The van der Waals surface area contributed by atoms with Crippen molar-refractivity contribution in [2.45, 2.75) is 59.1 Å². The summed E-state index contributed by atoms with van der Waals surface area (Å²) in [6, 6.07) is 1.36. The van der Waals surface area contributed by atoms with E-state index >= 15 is 0 Å². The first-order valence-electron chi connectivity index (χ1n) is 9.78. The molecule has 2 amide bonds. The number of aromatic nitrogens is 1. The number of piperidine rings is 1. The average molecular weight is 486 g/mol. The van der Waals surface area contributed by atoms with Crippen LogP contribution in [0.5, 0.6) is 0 Å². The maximum Gasteiger partial charge on any atom is 0.411 e. The Labute approximate surface area is 184 Å². The number of hydrogen-bond acceptors (Lipinski definition) is 6. The van der Waals surface area contributed by atoms with Crippen LogP contribution in [0.25, 0.3) is 0 Å². The van der Waals surface area contributed by atoms with Crippen molar-refractivity contribution >= 4 is 39.8 Å². The number of anilines is 1. The Balaban J connectivity index is 2.06. The van der Waals surface area contributed by atoms with Crippen molar-refractivity contribution in [3.05, 3.63) is 22.4 Å². The first-order chi connectivity index (χ1) is 14.0. The van der Waals surface area contributed by atoms with Crippen LogP contribution in [-0.4, -0.2) is 58.4 Å². The van der Waals surface area contributed by atoms with Crippen molar-refractivity contribution in [1.82, 2.24) is 9.88 Å². The normalized spacial score (nSPS) is 19.2. The molecule has 10 heteroatoms. The minimum atomic E-state index is -0.971. The Morgan fingerprint density at radius 3 is 2.67 bits per heavy atom. The minimum Gasteiger partial charge on any atom is -0.466 e. The number of halogens is 1. The number of amides is 2. The lowest BCUT2D eigenvalue weighted by Gasteiger charge is -2.44. The van der Waals surface area contributed by atoms with E-state index < -0.39 is 24.3 Å². The Morgan fingerprint density at radius 1 is 1.37 bits per heavy atom. The molecule has 1 aliphatic rings. The lowest BCUT2D eigenvalue weighted by atomic mass is 9.80. The molecule has 0 aliphatic carbocycles. The van der Waals surface area contributed by atoms with E-state index in [-0.39, 0.29) is 24.5 Å². The van der Waals surface area contributed by atoms with Crippen LogP contribution >= 0.6 is 15.9 Å². The van der Waals surface area contributed by atoms with Crippen molar-refractivity contribution in [2.24, 2.45) is 5.41 Å². The number of esters is 1. The molecule has 1 aromatic rings. The number of ether oxygens (including phenoxy) is 2. The lowest BCUT2D eigenvalue weighted by Crippen LogP contribution is -2.53. The highest BCUT2D eigenvalue weighted by molar-refractivity contribution is 9.10. The molecule has 2 atom stereocenters. The summed E-state index contributed by atoms with van der Waals surface area (Å²) in [5.41, 5.74) is 0.414. The third kappa shape index (κ3) is 6.58. The zero-order chi connectivity index (χ0) is 22.5. The molecule has 1 aromatic heterocycles. The summed E-state index contributed by atoms with van der Waals surface area (Å²) in [6.45, 7) is 8.15. The van der Waals surface area contributed by atoms with Gasteiger partial charge < -0.3 is 19.5 Å². The maximum absolute atomic E-state index is 12.5. The molecule has 9 nitrogen and oxygen atoms in total. The monoisotopic (exact) mass is 485 g/mol. The summed E-state index contributed by atoms with van der Waals surface area (Å²) < 4.78 is 11.1. The predicted molar refractivity (Wildman–Crippen MR) is 113 cm³/mol. The number of nitrogens with one attached hydrogen (secondary N) is 1. The van der Waals surface area contributed by atoms with E-state index in [0.717, 1.165) is 0 Å². The maximum atomic E-state index is 12.5. The van der Waals surface area contributed by atoms with Gasteiger partial charge in [-0.3, -0.25) is 15.1 Å². The summed E-state index contributed by atoms with van der Waals surface area (Å²) in [7, 11) is 0. The highest BCUT2D eigenvalue weighted by Crippen LogP contribution is 2.33. The van der Waals surface area contributed by atoms with E-state index in [2.05, 4.69) is 26.2 Å². The highest BCUT2D eigenvalue weighted by atomic mass is 79.9. The third-order valence-electron chi connectivity index (χ3n) is 4.86. The fourth-order valence-electron chi connectivity index (χ4n) is 3.45. The van der Waals surface area contributed by atoms with E-state index in [1.165, 1.54) is 11.1 Å². The van der Waals surface area contributed by atoms with Crippen LogP contribution in [0.15, 0.2) is 16.7 Å². The van der Waals surface area contributed by atoms with Crippen LogP contribution in [0.4, 0.5) is 15.3 Å². The van der Waals surface area contributed by atoms with Crippen molar-refractivity contribution < 1.29 is 29.0 Å². The number of carbonyl (C=O) groups excluding carboxylic acids is 2. The molecule has 0 saturated carbocycles. The Bertz CT molecular complexity index is 795. The Hall–Kier alpha value is -2.36. The number of hydrogen-bond donors (Lipinski definition) is 2. The van der Waals surface area contributed by atoms with Crippen molar-refractivity contribution in [2.75, 3.05) is 18.5 Å². The van der Waals surface area contributed by atoms with Crippen LogP contribution in [0.2, 0.25) is 0 Å². The molecular formula is C20H28BrN3O6. The van der Waals surface area contributed by atoms with Gasteiger partial charge in [-0.05, 0) is 34.3 Å². The molecule has 1 aliphatic heterocycles. The molecule has 2 rings (SSSR count). The summed E-state index contributed by atoms with van der Waals surface area (Å²) in [5.74, 6) is -0.446. The van der Waals surface area contributed by atoms with Crippen molar-refractivity contribution in [3.8, 4) is 0 Å². The minimum absolute atomic E-state index is 0.0835. The van der Waals surface area contributed by atoms with Gasteiger partial charge in [0.15, 0.2) is 0 Å². The van der Waals surface area contributed by atoms with Crippen LogP contribution < -0.4 is 5.32 Å². The lowest BCUT2D eigenvalue weighted by molar-refractivity contribution is -0.142. The van der Waals surface area contributed by atoms with Crippen molar-refractivity contribution in [3.63, 3.8) is 0 Å². The SMILES string of the molecule is CCOC(=O)Cc1ncc(Br)cc1NC(=O)OC1CCN(C(=O)O)C(C(C)(C)C)C1. The van der Waals surface area contributed by atoms with Crippen LogP contribution in [0.3, 0.4) is 0 Å². The molecule has 1 saturated heterocycles. The smallest absolute Gasteiger partial charge is 0.411 e. The van der Waals surface area contributed by atoms with Crippen LogP contribution in [0.1, 0.15) is 46.2 Å². The number of pyridine rings is 1. The summed E-state index contributed by atoms with van der Waals surface area (Å²) in [6.07, 6.45) is 0.205. The van der Waals surface area contributed by atoms with Gasteiger partial charge in [-0.1, -0.05) is 20.8 Å². The zero-order valence-electron chi connectivity index (χ0n) is 17.6. The standard InChI is InChI=1S/C20H28BrN3O6/c1-5-29-17(25)10-14-15(8-12(21)11-22-14)23-18(26)30-13-6-7-24(19(27)28)16(9-13)20(2,3)4/h8,11,13,16H,5-7,9-10H2,1-4H3,(H,23,26)(H,27,28). The Kier molecular flexibility index (Phi) is 8.05. The molecule has 0 aromatic carbocycles. The number of rotatable bonds is 5. The largest absolute Gasteiger partial charge is 0.466 e. The van der Waals surface area contributed by atoms with Gasteiger partial charge in [0.1, 0.15) is 6.10 Å². The second-order valence-corrected chi connectivity index (χ2v) is 9.08. The van der Waals surface area contributed by atoms with Gasteiger partial charge in [0.2, 0.25) is 0 Å². The summed E-state index contributed by atoms with van der Waals surface area (Å²) in [4.78, 5) is 41.4. The van der Waals surface area contributed by atoms with E-state index in [9.17, 15) is 19.5 Å². The topological polar surface area (TPSA) is 118 Å². The Morgan fingerprint density at radius 2 is 2.07 bits per heavy atom. The predicted octanol–water partition coefficient (Wildman–Crippen LogP) is 4.06. The molecule has 0 bridgehead atoms. The molecule has 2 N–H and O–H groups in total. The second kappa shape index (κ2) is 10.1. The molecule has 30 heavy (non-hydrogen) atoms. The number of carbonyl (C=O) groups is 3. The third-order valence-corrected chi connectivity index (χ3v) is 5.30. The molecule has 2 heterocycles. The first-order valence-corrected chi connectivity index (χ1v) is 10.6. The summed E-state index contributed by atoms with van der Waals surface area (Å²) in [5, 5.41) is 12.1. The number of likely N-dealkylation sites (tertiary alicyclic amines) is 1. The first kappa shape index (κ1) is 23.9. The van der Waals surface area contributed by atoms with Gasteiger partial charge in [0.05, 0.1) is 24.4 Å². The van der Waals surface area contributed by atoms with Gasteiger partial charge in [0, 0.05) is 36.1 Å². The van der Waals surface area contributed by atoms with E-state index in [1.807, 2.05) is 20.8 Å². The second-order valence-electron chi connectivity index (χ2n) is 8.16. The van der Waals surface area contributed by atoms with Crippen LogP contribution in [0, 0.1) is 5.41 Å². The fourth-order valence-corrected chi connectivity index (χ4v) is 3.78. The van der Waals surface area contributed by atoms with Gasteiger partial charge in [-0.2, -0.15) is 0 Å². The van der Waals surface area contributed by atoms with Gasteiger partial charge in [-0.25, -0.2) is 9.59 Å². The average Bonchev–Trinajstić information content (AvgIpc) is 2.63. The number of nitrogens with zero attached hydrogens (tertiary/aromatic N) is 2. The molecular weight excluding hydrogens is 458 g/mol. The molecule has 2 unspecified atom stereocenters. The van der Waals surface area contributed by atoms with Crippen molar-refractivity contribution in [1.29, 1.82) is 0 Å². The van der Waals surface area contributed by atoms with Gasteiger partial charge >= 0.3 is 18.2 Å². The fraction of sp³-hybridized carbons (Fsp3) is 0.600. The quantitative estimate of drug-likeness (QED) is 0.603. The molecule has 0 radical (unpaired) electrons. The van der Waals surface area contributed by atoms with Gasteiger partial charge in [0.25, 0.3) is 0 Å².